The van der Waals surface area contributed by atoms with Gasteiger partial charge in [-0.3, -0.25) is 0 Å². The molecule has 0 aliphatic rings. The largest absolute Gasteiger partial charge is 0.494 e. The molecule has 92 valence electrons. The Morgan fingerprint density at radius 3 is 2.06 bits per heavy atom. The van der Waals surface area contributed by atoms with E-state index in [1.54, 1.807) is 38.4 Å². The van der Waals surface area contributed by atoms with Gasteiger partial charge in [0.05, 0.1) is 33.1 Å². The van der Waals surface area contributed by atoms with Crippen LogP contribution in [-0.4, -0.2) is 34.9 Å². The minimum absolute atomic E-state index is 0.270. The fraction of sp³-hybridized carbons (Fsp3) is 0.417. The highest BCUT2D eigenvalue weighted by molar-refractivity contribution is 5.66. The molecule has 0 saturated carbocycles. The second-order valence-electron chi connectivity index (χ2n) is 3.39. The van der Waals surface area contributed by atoms with Crippen LogP contribution < -0.4 is 19.1 Å². The Morgan fingerprint density at radius 1 is 1.06 bits per heavy atom. The first-order valence-electron chi connectivity index (χ1n) is 5.06. The van der Waals surface area contributed by atoms with Crippen molar-refractivity contribution in [1.29, 1.82) is 5.26 Å². The predicted octanol–water partition coefficient (Wildman–Crippen LogP) is 1.67. The molecule has 5 nitrogen and oxygen atoms in total. The van der Waals surface area contributed by atoms with Crippen LogP contribution in [0, 0.1) is 11.3 Å². The standard InChI is InChI=1S/C12H16N2O3/c1-14(6-5-13)9-7-11(16-3)12(17-4)8-10(9)15-2/h7-8H,6H2,1-4H3. The maximum atomic E-state index is 8.70. The zero-order chi connectivity index (χ0) is 12.8. The summed E-state index contributed by atoms with van der Waals surface area (Å²) in [6.45, 7) is 0.270. The van der Waals surface area contributed by atoms with E-state index in [-0.39, 0.29) is 6.54 Å². The van der Waals surface area contributed by atoms with E-state index >= 15 is 0 Å². The molecule has 0 unspecified atom stereocenters. The van der Waals surface area contributed by atoms with Crippen molar-refractivity contribution in [1.82, 2.24) is 0 Å². The summed E-state index contributed by atoms with van der Waals surface area (Å²) in [7, 11) is 6.52. The molecule has 0 N–H and O–H groups in total. The van der Waals surface area contributed by atoms with Crippen LogP contribution in [0.1, 0.15) is 0 Å². The van der Waals surface area contributed by atoms with Crippen LogP contribution in [0.2, 0.25) is 0 Å². The summed E-state index contributed by atoms with van der Waals surface area (Å²) < 4.78 is 15.7. The van der Waals surface area contributed by atoms with E-state index in [4.69, 9.17) is 19.5 Å². The monoisotopic (exact) mass is 236 g/mol. The Labute approximate surface area is 101 Å². The predicted molar refractivity (Wildman–Crippen MR) is 65.0 cm³/mol. The van der Waals surface area contributed by atoms with Gasteiger partial charge in [-0.2, -0.15) is 5.26 Å². The summed E-state index contributed by atoms with van der Waals surface area (Å²) in [5.74, 6) is 1.84. The molecule has 0 saturated heterocycles. The average Bonchev–Trinajstić information content (AvgIpc) is 2.37. The Balaban J connectivity index is 3.24. The van der Waals surface area contributed by atoms with Gasteiger partial charge in [-0.15, -0.1) is 0 Å². The summed E-state index contributed by atoms with van der Waals surface area (Å²) in [5, 5.41) is 8.70. The molecule has 0 aromatic heterocycles. The number of nitrogens with zero attached hydrogens (tertiary/aromatic N) is 2. The Morgan fingerprint density at radius 2 is 1.59 bits per heavy atom. The minimum Gasteiger partial charge on any atom is -0.494 e. The van der Waals surface area contributed by atoms with Gasteiger partial charge >= 0.3 is 0 Å². The van der Waals surface area contributed by atoms with Crippen LogP contribution in [0.5, 0.6) is 17.2 Å². The lowest BCUT2D eigenvalue weighted by Gasteiger charge is -2.20. The number of hydrogen-bond acceptors (Lipinski definition) is 5. The van der Waals surface area contributed by atoms with Gasteiger partial charge in [0.1, 0.15) is 12.3 Å². The number of anilines is 1. The first kappa shape index (κ1) is 13.0. The van der Waals surface area contributed by atoms with E-state index in [2.05, 4.69) is 6.07 Å². The molecular weight excluding hydrogens is 220 g/mol. The van der Waals surface area contributed by atoms with E-state index in [0.29, 0.717) is 17.2 Å². The second kappa shape index (κ2) is 5.85. The quantitative estimate of drug-likeness (QED) is 0.728. The number of nitriles is 1. The zero-order valence-corrected chi connectivity index (χ0v) is 10.5. The maximum Gasteiger partial charge on any atom is 0.164 e. The first-order valence-corrected chi connectivity index (χ1v) is 5.06. The third kappa shape index (κ3) is 2.72. The fourth-order valence-electron chi connectivity index (χ4n) is 1.50. The van der Waals surface area contributed by atoms with Crippen LogP contribution in [0.25, 0.3) is 0 Å². The number of rotatable bonds is 5. The summed E-state index contributed by atoms with van der Waals surface area (Å²) in [5.41, 5.74) is 0.784. The molecule has 1 rings (SSSR count). The molecule has 0 radical (unpaired) electrons. The van der Waals surface area contributed by atoms with Crippen molar-refractivity contribution >= 4 is 5.69 Å². The maximum absolute atomic E-state index is 8.70. The zero-order valence-electron chi connectivity index (χ0n) is 10.5. The second-order valence-corrected chi connectivity index (χ2v) is 3.39. The molecule has 0 bridgehead atoms. The van der Waals surface area contributed by atoms with Crippen LogP contribution in [0.4, 0.5) is 5.69 Å². The highest BCUT2D eigenvalue weighted by Crippen LogP contribution is 2.39. The number of hydrogen-bond donors (Lipinski definition) is 0. The molecule has 5 heteroatoms. The summed E-state index contributed by atoms with van der Waals surface area (Å²) in [6.07, 6.45) is 0. The summed E-state index contributed by atoms with van der Waals surface area (Å²) >= 11 is 0. The van der Waals surface area contributed by atoms with E-state index in [0.717, 1.165) is 5.69 Å². The molecule has 17 heavy (non-hydrogen) atoms. The van der Waals surface area contributed by atoms with Crippen molar-refractivity contribution in [3.05, 3.63) is 12.1 Å². The van der Waals surface area contributed by atoms with Gasteiger partial charge < -0.3 is 19.1 Å². The van der Waals surface area contributed by atoms with Crippen LogP contribution in [-0.2, 0) is 0 Å². The lowest BCUT2D eigenvalue weighted by atomic mass is 10.2. The van der Waals surface area contributed by atoms with E-state index in [1.807, 2.05) is 7.05 Å². The van der Waals surface area contributed by atoms with Gasteiger partial charge in [-0.1, -0.05) is 0 Å². The third-order valence-corrected chi connectivity index (χ3v) is 2.40. The molecule has 0 aliphatic carbocycles. The van der Waals surface area contributed by atoms with Crippen molar-refractivity contribution in [3.8, 4) is 23.3 Å². The van der Waals surface area contributed by atoms with Crippen molar-refractivity contribution in [3.63, 3.8) is 0 Å². The van der Waals surface area contributed by atoms with Gasteiger partial charge in [0.25, 0.3) is 0 Å². The first-order chi connectivity index (χ1) is 8.17. The lowest BCUT2D eigenvalue weighted by Crippen LogP contribution is -2.18. The van der Waals surface area contributed by atoms with Gasteiger partial charge in [0.2, 0.25) is 0 Å². The molecule has 0 spiro atoms. The number of ether oxygens (including phenoxy) is 3. The highest BCUT2D eigenvalue weighted by Gasteiger charge is 2.14. The molecule has 1 aromatic rings. The molecular formula is C12H16N2O3. The summed E-state index contributed by atoms with van der Waals surface area (Å²) in [4.78, 5) is 1.78. The van der Waals surface area contributed by atoms with Crippen LogP contribution >= 0.6 is 0 Å². The van der Waals surface area contributed by atoms with Crippen molar-refractivity contribution in [2.24, 2.45) is 0 Å². The van der Waals surface area contributed by atoms with Crippen LogP contribution in [0.15, 0.2) is 12.1 Å². The number of benzene rings is 1. The Bertz CT molecular complexity index is 426. The van der Waals surface area contributed by atoms with Crippen molar-refractivity contribution in [2.75, 3.05) is 39.8 Å². The van der Waals surface area contributed by atoms with Gasteiger partial charge in [0.15, 0.2) is 11.5 Å². The molecule has 0 amide bonds. The third-order valence-electron chi connectivity index (χ3n) is 2.40. The topological polar surface area (TPSA) is 54.7 Å². The normalized spacial score (nSPS) is 9.35. The van der Waals surface area contributed by atoms with Gasteiger partial charge in [0, 0.05) is 19.2 Å². The van der Waals surface area contributed by atoms with Crippen molar-refractivity contribution < 1.29 is 14.2 Å². The fourth-order valence-corrected chi connectivity index (χ4v) is 1.50. The smallest absolute Gasteiger partial charge is 0.164 e. The van der Waals surface area contributed by atoms with Gasteiger partial charge in [-0.25, -0.2) is 0 Å². The van der Waals surface area contributed by atoms with Gasteiger partial charge in [-0.05, 0) is 0 Å². The Hall–Kier alpha value is -2.09. The summed E-state index contributed by atoms with van der Waals surface area (Å²) in [6, 6.07) is 5.61. The molecule has 0 heterocycles. The Kier molecular flexibility index (Phi) is 4.46. The molecule has 0 fully saturated rings. The SMILES string of the molecule is COc1cc(OC)c(N(C)CC#N)cc1OC. The highest BCUT2D eigenvalue weighted by atomic mass is 16.5. The minimum atomic E-state index is 0.270. The average molecular weight is 236 g/mol. The molecule has 0 atom stereocenters. The van der Waals surface area contributed by atoms with E-state index in [1.165, 1.54) is 0 Å². The molecule has 1 aromatic carbocycles. The van der Waals surface area contributed by atoms with E-state index < -0.39 is 0 Å². The van der Waals surface area contributed by atoms with Crippen LogP contribution in [0.3, 0.4) is 0 Å². The number of methoxy groups -OCH3 is 3. The lowest BCUT2D eigenvalue weighted by molar-refractivity contribution is 0.349. The van der Waals surface area contributed by atoms with E-state index in [9.17, 15) is 0 Å². The van der Waals surface area contributed by atoms with Crippen molar-refractivity contribution in [2.45, 2.75) is 0 Å². The molecule has 0 aliphatic heterocycles.